The number of sulfonamides is 1. The van der Waals surface area contributed by atoms with Gasteiger partial charge >= 0.3 is 0 Å². The molecule has 0 saturated carbocycles. The van der Waals surface area contributed by atoms with Gasteiger partial charge in [0, 0.05) is 24.2 Å². The van der Waals surface area contributed by atoms with E-state index in [0.717, 1.165) is 18.2 Å². The van der Waals surface area contributed by atoms with Gasteiger partial charge in [0.05, 0.1) is 16.9 Å². The molecule has 138 valence electrons. The van der Waals surface area contributed by atoms with E-state index in [4.69, 9.17) is 0 Å². The Hall–Kier alpha value is -2.67. The van der Waals surface area contributed by atoms with Crippen LogP contribution in [0.15, 0.2) is 54.6 Å². The van der Waals surface area contributed by atoms with E-state index in [1.54, 1.807) is 18.2 Å². The van der Waals surface area contributed by atoms with Crippen molar-refractivity contribution in [3.8, 4) is 0 Å². The molecule has 0 aliphatic heterocycles. The highest BCUT2D eigenvalue weighted by Gasteiger charge is 2.22. The van der Waals surface area contributed by atoms with E-state index < -0.39 is 14.9 Å². The molecule has 2 aromatic carbocycles. The van der Waals surface area contributed by atoms with Gasteiger partial charge in [-0.25, -0.2) is 8.42 Å². The Morgan fingerprint density at radius 2 is 1.85 bits per heavy atom. The van der Waals surface area contributed by atoms with E-state index in [-0.39, 0.29) is 5.69 Å². The predicted molar refractivity (Wildman–Crippen MR) is 104 cm³/mol. The number of nitro groups is 1. The van der Waals surface area contributed by atoms with Crippen LogP contribution in [0.3, 0.4) is 0 Å². The third kappa shape index (κ3) is 5.16. The van der Waals surface area contributed by atoms with Crippen molar-refractivity contribution in [2.45, 2.75) is 19.8 Å². The summed E-state index contributed by atoms with van der Waals surface area (Å²) >= 11 is 0. The van der Waals surface area contributed by atoms with Gasteiger partial charge in [-0.2, -0.15) is 0 Å². The van der Waals surface area contributed by atoms with Crippen LogP contribution < -0.4 is 0 Å². The Morgan fingerprint density at radius 3 is 2.42 bits per heavy atom. The number of unbranched alkanes of at least 4 members (excludes halogenated alkanes) is 1. The average Bonchev–Trinajstić information content (AvgIpc) is 2.61. The van der Waals surface area contributed by atoms with Crippen molar-refractivity contribution < 1.29 is 13.3 Å². The highest BCUT2D eigenvalue weighted by atomic mass is 32.2. The van der Waals surface area contributed by atoms with Crippen LogP contribution in [0, 0.1) is 10.1 Å². The second-order valence-electron chi connectivity index (χ2n) is 5.94. The number of non-ortho nitro benzene ring substituents is 1. The lowest BCUT2D eigenvalue weighted by Crippen LogP contribution is -2.29. The molecule has 7 heteroatoms. The van der Waals surface area contributed by atoms with E-state index >= 15 is 0 Å². The Morgan fingerprint density at radius 1 is 1.15 bits per heavy atom. The van der Waals surface area contributed by atoms with Gasteiger partial charge in [0.25, 0.3) is 5.69 Å². The molecule has 0 aromatic heterocycles. The average molecular weight is 374 g/mol. The molecule has 0 aliphatic rings. The van der Waals surface area contributed by atoms with Crippen LogP contribution in [0.1, 0.15) is 30.9 Å². The molecule has 6 nitrogen and oxygen atoms in total. The number of hydrogen-bond donors (Lipinski definition) is 0. The van der Waals surface area contributed by atoms with Crippen molar-refractivity contribution in [3.05, 3.63) is 75.8 Å². The van der Waals surface area contributed by atoms with Gasteiger partial charge in [0.2, 0.25) is 10.0 Å². The number of benzene rings is 2. The number of nitrogens with zero attached hydrogens (tertiary/aromatic N) is 2. The molecule has 0 saturated heterocycles. The lowest BCUT2D eigenvalue weighted by Gasteiger charge is -2.25. The zero-order valence-corrected chi connectivity index (χ0v) is 15.6. The van der Waals surface area contributed by atoms with Gasteiger partial charge in [-0.05, 0) is 18.1 Å². The summed E-state index contributed by atoms with van der Waals surface area (Å²) in [6, 6.07) is 15.3. The van der Waals surface area contributed by atoms with Gasteiger partial charge in [-0.1, -0.05) is 55.8 Å². The third-order valence-corrected chi connectivity index (χ3v) is 5.02. The highest BCUT2D eigenvalue weighted by molar-refractivity contribution is 7.88. The molecule has 0 aliphatic carbocycles. The lowest BCUT2D eigenvalue weighted by atomic mass is 10.1. The lowest BCUT2D eigenvalue weighted by molar-refractivity contribution is -0.384. The maximum absolute atomic E-state index is 12.4. The summed E-state index contributed by atoms with van der Waals surface area (Å²) in [5.74, 6) is 0. The van der Waals surface area contributed by atoms with E-state index in [2.05, 4.69) is 0 Å². The second kappa shape index (κ2) is 8.62. The molecule has 0 radical (unpaired) electrons. The molecular weight excluding hydrogens is 352 g/mol. The number of rotatable bonds is 8. The molecule has 0 amide bonds. The minimum atomic E-state index is -3.54. The fourth-order valence-corrected chi connectivity index (χ4v) is 3.53. The Balaban J connectivity index is 2.63. The standard InChI is InChI=1S/C19H22N2O4S/c1-3-4-13-20(26(2,24)25)19(14-16-9-6-5-7-10-16)17-11-8-12-18(15-17)21(22)23/h5-12,14-15H,3-4,13H2,1-2H3/b19-14+. The molecule has 0 spiro atoms. The molecule has 26 heavy (non-hydrogen) atoms. The largest absolute Gasteiger partial charge is 0.270 e. The van der Waals surface area contributed by atoms with Crippen molar-refractivity contribution in [2.24, 2.45) is 0 Å². The molecule has 2 rings (SSSR count). The van der Waals surface area contributed by atoms with E-state index in [1.165, 1.54) is 16.4 Å². The molecular formula is C19H22N2O4S. The van der Waals surface area contributed by atoms with Crippen molar-refractivity contribution in [1.29, 1.82) is 0 Å². The molecule has 0 N–H and O–H groups in total. The van der Waals surface area contributed by atoms with Crippen LogP contribution >= 0.6 is 0 Å². The topological polar surface area (TPSA) is 80.5 Å². The SMILES string of the molecule is CCCCN(/C(=C/c1ccccc1)c1cccc([N+](=O)[O-])c1)S(C)(=O)=O. The molecule has 0 heterocycles. The van der Waals surface area contributed by atoms with Crippen molar-refractivity contribution in [1.82, 2.24) is 4.31 Å². The summed E-state index contributed by atoms with van der Waals surface area (Å²) in [6.07, 6.45) is 4.42. The minimum absolute atomic E-state index is 0.0783. The van der Waals surface area contributed by atoms with Gasteiger partial charge in [-0.15, -0.1) is 0 Å². The molecule has 0 unspecified atom stereocenters. The summed E-state index contributed by atoms with van der Waals surface area (Å²) < 4.78 is 26.1. The van der Waals surface area contributed by atoms with Crippen LogP contribution in [0.5, 0.6) is 0 Å². The number of hydrogen-bond acceptors (Lipinski definition) is 4. The van der Waals surface area contributed by atoms with E-state index in [0.29, 0.717) is 24.2 Å². The summed E-state index contributed by atoms with van der Waals surface area (Å²) in [4.78, 5) is 10.6. The van der Waals surface area contributed by atoms with Crippen molar-refractivity contribution >= 4 is 27.5 Å². The Kier molecular flexibility index (Phi) is 6.52. The normalized spacial score (nSPS) is 12.0. The smallest absolute Gasteiger partial charge is 0.270 e. The van der Waals surface area contributed by atoms with Crippen molar-refractivity contribution in [2.75, 3.05) is 12.8 Å². The van der Waals surface area contributed by atoms with Crippen LogP contribution in [-0.2, 0) is 10.0 Å². The van der Waals surface area contributed by atoms with Gasteiger partial charge in [0.1, 0.15) is 0 Å². The first-order valence-corrected chi connectivity index (χ1v) is 10.2. The Labute approximate surface area is 154 Å². The molecule has 2 aromatic rings. The summed E-state index contributed by atoms with van der Waals surface area (Å²) in [5.41, 5.74) is 1.66. The summed E-state index contributed by atoms with van der Waals surface area (Å²) in [7, 11) is -3.54. The Bertz CT molecular complexity index is 893. The highest BCUT2D eigenvalue weighted by Crippen LogP contribution is 2.28. The van der Waals surface area contributed by atoms with Gasteiger partial charge < -0.3 is 0 Å². The first-order chi connectivity index (χ1) is 12.3. The first kappa shape index (κ1) is 19.7. The van der Waals surface area contributed by atoms with E-state index in [9.17, 15) is 18.5 Å². The fourth-order valence-electron chi connectivity index (χ4n) is 2.55. The van der Waals surface area contributed by atoms with Crippen LogP contribution in [-0.4, -0.2) is 30.4 Å². The predicted octanol–water partition coefficient (Wildman–Crippen LogP) is 4.15. The van der Waals surface area contributed by atoms with Gasteiger partial charge in [-0.3, -0.25) is 14.4 Å². The minimum Gasteiger partial charge on any atom is -0.270 e. The van der Waals surface area contributed by atoms with Crippen molar-refractivity contribution in [3.63, 3.8) is 0 Å². The van der Waals surface area contributed by atoms with E-state index in [1.807, 2.05) is 37.3 Å². The molecule has 0 atom stereocenters. The van der Waals surface area contributed by atoms with Crippen LogP contribution in [0.2, 0.25) is 0 Å². The van der Waals surface area contributed by atoms with Crippen LogP contribution in [0.4, 0.5) is 5.69 Å². The first-order valence-electron chi connectivity index (χ1n) is 8.32. The maximum atomic E-state index is 12.4. The van der Waals surface area contributed by atoms with Crippen LogP contribution in [0.25, 0.3) is 11.8 Å². The third-order valence-electron chi connectivity index (χ3n) is 3.84. The zero-order valence-electron chi connectivity index (χ0n) is 14.8. The summed E-state index contributed by atoms with van der Waals surface area (Å²) in [5, 5.41) is 11.1. The number of nitro benzene ring substituents is 1. The second-order valence-corrected chi connectivity index (χ2v) is 7.84. The van der Waals surface area contributed by atoms with Gasteiger partial charge in [0.15, 0.2) is 0 Å². The maximum Gasteiger partial charge on any atom is 0.270 e. The fraction of sp³-hybridized carbons (Fsp3) is 0.263. The summed E-state index contributed by atoms with van der Waals surface area (Å²) in [6.45, 7) is 2.30. The zero-order chi connectivity index (χ0) is 19.2. The quantitative estimate of drug-likeness (QED) is 0.395. The molecule has 0 bridgehead atoms. The molecule has 0 fully saturated rings. The monoisotopic (exact) mass is 374 g/mol.